The Morgan fingerprint density at radius 3 is 2.82 bits per heavy atom. The number of amides is 2. The number of nitrogens with one attached hydrogen (secondary N) is 2. The predicted octanol–water partition coefficient (Wildman–Crippen LogP) is 2.24. The van der Waals surface area contributed by atoms with E-state index >= 15 is 0 Å². The number of rotatable bonds is 8. The number of benzene rings is 1. The minimum Gasteiger partial charge on any atom is -0.493 e. The smallest absolute Gasteiger partial charge is 0.258 e. The van der Waals surface area contributed by atoms with E-state index in [1.54, 1.807) is 18.2 Å². The molecule has 9 heteroatoms. The van der Waals surface area contributed by atoms with Crippen molar-refractivity contribution in [3.05, 3.63) is 47.2 Å². The fourth-order valence-corrected chi connectivity index (χ4v) is 3.29. The molecule has 2 heterocycles. The van der Waals surface area contributed by atoms with Crippen molar-refractivity contribution in [2.24, 2.45) is 0 Å². The third-order valence-electron chi connectivity index (χ3n) is 3.81. The van der Waals surface area contributed by atoms with Crippen LogP contribution in [0.25, 0.3) is 4.96 Å². The Morgan fingerprint density at radius 2 is 2.11 bits per heavy atom. The van der Waals surface area contributed by atoms with E-state index in [1.165, 1.54) is 18.4 Å². The number of imidazole rings is 1. The van der Waals surface area contributed by atoms with E-state index in [1.807, 2.05) is 36.0 Å². The van der Waals surface area contributed by atoms with Crippen molar-refractivity contribution in [1.82, 2.24) is 20.0 Å². The average molecular weight is 402 g/mol. The molecule has 0 atom stereocenters. The molecule has 3 aromatic rings. The van der Waals surface area contributed by atoms with Crippen molar-refractivity contribution in [3.63, 3.8) is 0 Å². The molecular formula is C19H22N4O4S. The van der Waals surface area contributed by atoms with Gasteiger partial charge in [-0.05, 0) is 32.0 Å². The Bertz CT molecular complexity index is 951. The summed E-state index contributed by atoms with van der Waals surface area (Å²) in [6, 6.07) is 4.86. The highest BCUT2D eigenvalue weighted by Gasteiger charge is 2.13. The van der Waals surface area contributed by atoms with E-state index in [2.05, 4.69) is 15.6 Å². The molecule has 0 radical (unpaired) electrons. The number of ether oxygens (including phenoxy) is 2. The third-order valence-corrected chi connectivity index (χ3v) is 4.58. The van der Waals surface area contributed by atoms with Gasteiger partial charge in [-0.15, -0.1) is 11.3 Å². The fraction of sp³-hybridized carbons (Fsp3) is 0.316. The van der Waals surface area contributed by atoms with Crippen molar-refractivity contribution in [2.45, 2.75) is 26.4 Å². The zero-order valence-corrected chi connectivity index (χ0v) is 16.7. The highest BCUT2D eigenvalue weighted by atomic mass is 32.1. The summed E-state index contributed by atoms with van der Waals surface area (Å²) in [4.78, 5) is 29.5. The van der Waals surface area contributed by atoms with E-state index in [4.69, 9.17) is 9.47 Å². The number of nitrogens with zero attached hydrogens (tertiary/aromatic N) is 2. The first-order valence-corrected chi connectivity index (χ1v) is 9.63. The lowest BCUT2D eigenvalue weighted by Crippen LogP contribution is -2.34. The van der Waals surface area contributed by atoms with Gasteiger partial charge in [0, 0.05) is 29.4 Å². The Kier molecular flexibility index (Phi) is 6.15. The van der Waals surface area contributed by atoms with Gasteiger partial charge in [0.1, 0.15) is 0 Å². The maximum atomic E-state index is 12.4. The van der Waals surface area contributed by atoms with Crippen molar-refractivity contribution >= 4 is 28.1 Å². The van der Waals surface area contributed by atoms with Gasteiger partial charge in [0.25, 0.3) is 11.8 Å². The first-order chi connectivity index (χ1) is 13.5. The lowest BCUT2D eigenvalue weighted by Gasteiger charge is -2.13. The lowest BCUT2D eigenvalue weighted by atomic mass is 10.2. The van der Waals surface area contributed by atoms with E-state index < -0.39 is 0 Å². The molecule has 2 aromatic heterocycles. The van der Waals surface area contributed by atoms with E-state index in [9.17, 15) is 9.59 Å². The first-order valence-electron chi connectivity index (χ1n) is 8.75. The summed E-state index contributed by atoms with van der Waals surface area (Å²) >= 11 is 1.54. The summed E-state index contributed by atoms with van der Waals surface area (Å²) < 4.78 is 12.7. The van der Waals surface area contributed by atoms with Crippen LogP contribution in [0.1, 0.15) is 29.9 Å². The van der Waals surface area contributed by atoms with Crippen LogP contribution in [-0.2, 0) is 11.3 Å². The molecule has 148 valence electrons. The van der Waals surface area contributed by atoms with Crippen LogP contribution in [-0.4, -0.2) is 41.0 Å². The molecule has 2 amide bonds. The van der Waals surface area contributed by atoms with Crippen molar-refractivity contribution in [1.29, 1.82) is 0 Å². The molecule has 0 saturated carbocycles. The summed E-state index contributed by atoms with van der Waals surface area (Å²) in [5.74, 6) is 0.303. The monoisotopic (exact) mass is 402 g/mol. The van der Waals surface area contributed by atoms with Crippen LogP contribution in [0.5, 0.6) is 11.5 Å². The van der Waals surface area contributed by atoms with E-state index in [-0.39, 0.29) is 24.5 Å². The normalized spacial score (nSPS) is 10.9. The molecule has 1 aromatic carbocycles. The number of thiazole rings is 1. The van der Waals surface area contributed by atoms with Crippen molar-refractivity contribution in [3.8, 4) is 11.5 Å². The molecule has 0 unspecified atom stereocenters. The van der Waals surface area contributed by atoms with Gasteiger partial charge in [-0.1, -0.05) is 0 Å². The molecule has 8 nitrogen and oxygen atoms in total. The highest BCUT2D eigenvalue weighted by Crippen LogP contribution is 2.28. The number of methoxy groups -OCH3 is 1. The van der Waals surface area contributed by atoms with Crippen LogP contribution < -0.4 is 20.1 Å². The van der Waals surface area contributed by atoms with Gasteiger partial charge >= 0.3 is 0 Å². The molecule has 2 N–H and O–H groups in total. The van der Waals surface area contributed by atoms with Crippen LogP contribution in [0.2, 0.25) is 0 Å². The summed E-state index contributed by atoms with van der Waals surface area (Å²) in [6.07, 6.45) is 3.80. The zero-order chi connectivity index (χ0) is 20.1. The number of carbonyl (C=O) groups is 2. The van der Waals surface area contributed by atoms with Crippen LogP contribution in [0.3, 0.4) is 0 Å². The van der Waals surface area contributed by atoms with Crippen molar-refractivity contribution in [2.75, 3.05) is 13.7 Å². The molecule has 0 aliphatic rings. The van der Waals surface area contributed by atoms with Gasteiger partial charge < -0.3 is 20.1 Å². The van der Waals surface area contributed by atoms with Gasteiger partial charge in [-0.25, -0.2) is 4.98 Å². The molecular weight excluding hydrogens is 380 g/mol. The first kappa shape index (κ1) is 19.7. The second-order valence-corrected chi connectivity index (χ2v) is 7.26. The Morgan fingerprint density at radius 1 is 1.29 bits per heavy atom. The summed E-state index contributed by atoms with van der Waals surface area (Å²) in [7, 11) is 1.48. The number of hydrogen-bond donors (Lipinski definition) is 2. The molecule has 0 aliphatic carbocycles. The maximum Gasteiger partial charge on any atom is 0.258 e. The molecule has 0 spiro atoms. The highest BCUT2D eigenvalue weighted by molar-refractivity contribution is 7.15. The summed E-state index contributed by atoms with van der Waals surface area (Å²) in [6.45, 7) is 3.94. The summed E-state index contributed by atoms with van der Waals surface area (Å²) in [5, 5.41) is 7.53. The van der Waals surface area contributed by atoms with Crippen LogP contribution in [0, 0.1) is 0 Å². The van der Waals surface area contributed by atoms with Crippen LogP contribution in [0.15, 0.2) is 36.0 Å². The van der Waals surface area contributed by atoms with E-state index in [0.717, 1.165) is 10.7 Å². The number of aromatic nitrogens is 2. The second kappa shape index (κ2) is 8.75. The van der Waals surface area contributed by atoms with Crippen molar-refractivity contribution < 1.29 is 19.1 Å². The molecule has 0 saturated heterocycles. The topological polar surface area (TPSA) is 94.0 Å². The zero-order valence-electron chi connectivity index (χ0n) is 15.9. The summed E-state index contributed by atoms with van der Waals surface area (Å²) in [5.41, 5.74) is 1.21. The molecule has 0 fully saturated rings. The van der Waals surface area contributed by atoms with Gasteiger partial charge in [-0.2, -0.15) is 0 Å². The standard InChI is InChI=1S/C19H22N4O4S/c1-12(2)21-17(24)11-27-15-5-4-13(8-16(15)26-3)18(25)20-9-14-10-23-6-7-28-19(23)22-14/h4-8,10,12H,9,11H2,1-3H3,(H,20,25)(H,21,24). The Labute approximate surface area is 166 Å². The molecule has 0 bridgehead atoms. The SMILES string of the molecule is COc1cc(C(=O)NCc2cn3ccsc3n2)ccc1OCC(=O)NC(C)C. The third kappa shape index (κ3) is 4.80. The van der Waals surface area contributed by atoms with Gasteiger partial charge in [0.2, 0.25) is 0 Å². The molecule has 28 heavy (non-hydrogen) atoms. The quantitative estimate of drug-likeness (QED) is 0.603. The number of hydrogen-bond acceptors (Lipinski definition) is 6. The predicted molar refractivity (Wildman–Crippen MR) is 106 cm³/mol. The molecule has 0 aliphatic heterocycles. The largest absolute Gasteiger partial charge is 0.493 e. The Balaban J connectivity index is 1.60. The van der Waals surface area contributed by atoms with Gasteiger partial charge in [0.15, 0.2) is 23.1 Å². The number of carbonyl (C=O) groups excluding carboxylic acids is 2. The Hall–Kier alpha value is -3.07. The maximum absolute atomic E-state index is 12.4. The van der Waals surface area contributed by atoms with Gasteiger partial charge in [-0.3, -0.25) is 14.0 Å². The van der Waals surface area contributed by atoms with Crippen LogP contribution in [0.4, 0.5) is 0 Å². The second-order valence-electron chi connectivity index (χ2n) is 6.38. The van der Waals surface area contributed by atoms with Crippen LogP contribution >= 0.6 is 11.3 Å². The molecule has 3 rings (SSSR count). The minimum absolute atomic E-state index is 0.0372. The lowest BCUT2D eigenvalue weighted by molar-refractivity contribution is -0.123. The van der Waals surface area contributed by atoms with Gasteiger partial charge in [0.05, 0.1) is 19.3 Å². The average Bonchev–Trinajstić information content (AvgIpc) is 3.25. The van der Waals surface area contributed by atoms with E-state index in [0.29, 0.717) is 23.6 Å². The number of fused-ring (bicyclic) bond motifs is 1. The fourth-order valence-electron chi connectivity index (χ4n) is 2.57. The minimum atomic E-state index is -0.251.